The molecule has 2 rings (SSSR count). The first-order valence-electron chi connectivity index (χ1n) is 9.18. The number of aliphatic hydroxyl groups excluding tert-OH is 1. The second-order valence-corrected chi connectivity index (χ2v) is 6.92. The summed E-state index contributed by atoms with van der Waals surface area (Å²) in [4.78, 5) is 14.6. The summed E-state index contributed by atoms with van der Waals surface area (Å²) in [5, 5.41) is 9.43. The molecule has 0 heterocycles. The van der Waals surface area contributed by atoms with E-state index in [0.717, 1.165) is 12.0 Å². The van der Waals surface area contributed by atoms with E-state index in [9.17, 15) is 9.90 Å². The van der Waals surface area contributed by atoms with Gasteiger partial charge < -0.3 is 19.5 Å². The van der Waals surface area contributed by atoms with Crippen LogP contribution in [0.4, 0.5) is 0 Å². The van der Waals surface area contributed by atoms with Crippen LogP contribution in [-0.2, 0) is 13.0 Å². The molecule has 0 saturated heterocycles. The summed E-state index contributed by atoms with van der Waals surface area (Å²) < 4.78 is 10.7. The van der Waals surface area contributed by atoms with E-state index in [2.05, 4.69) is 13.8 Å². The maximum Gasteiger partial charge on any atom is 0.254 e. The molecule has 0 unspecified atom stereocenters. The largest absolute Gasteiger partial charge is 0.497 e. The molecule has 0 bridgehead atoms. The standard InChI is InChI=1S/C22H29NO4/c1-16(2)13-17-5-7-18(8-6-17)22(25)23(11-12-24)15-19-14-20(26-3)9-10-21(19)27-4/h5-10,14,16,24H,11-13,15H2,1-4H3. The highest BCUT2D eigenvalue weighted by molar-refractivity contribution is 5.94. The Labute approximate surface area is 161 Å². The lowest BCUT2D eigenvalue weighted by Gasteiger charge is -2.23. The van der Waals surface area contributed by atoms with Gasteiger partial charge in [-0.3, -0.25) is 4.79 Å². The molecule has 0 saturated carbocycles. The van der Waals surface area contributed by atoms with E-state index in [-0.39, 0.29) is 19.1 Å². The van der Waals surface area contributed by atoms with Crippen LogP contribution in [0.3, 0.4) is 0 Å². The number of benzene rings is 2. The molecule has 0 aromatic heterocycles. The van der Waals surface area contributed by atoms with E-state index in [1.54, 1.807) is 19.1 Å². The van der Waals surface area contributed by atoms with Gasteiger partial charge in [0.1, 0.15) is 11.5 Å². The quantitative estimate of drug-likeness (QED) is 0.732. The molecule has 0 fully saturated rings. The third kappa shape index (κ3) is 5.73. The van der Waals surface area contributed by atoms with Gasteiger partial charge in [0.05, 0.1) is 20.8 Å². The van der Waals surface area contributed by atoms with Crippen LogP contribution in [0.5, 0.6) is 11.5 Å². The Kier molecular flexibility index (Phi) is 7.67. The van der Waals surface area contributed by atoms with Gasteiger partial charge in [0, 0.05) is 24.2 Å². The molecule has 1 N–H and O–H groups in total. The van der Waals surface area contributed by atoms with Gasteiger partial charge in [0.15, 0.2) is 0 Å². The molecule has 0 spiro atoms. The summed E-state index contributed by atoms with van der Waals surface area (Å²) in [6.07, 6.45) is 0.982. The van der Waals surface area contributed by atoms with Crippen molar-refractivity contribution >= 4 is 5.91 Å². The first-order valence-corrected chi connectivity index (χ1v) is 9.18. The van der Waals surface area contributed by atoms with Crippen LogP contribution < -0.4 is 9.47 Å². The Morgan fingerprint density at radius 3 is 2.33 bits per heavy atom. The van der Waals surface area contributed by atoms with Crippen molar-refractivity contribution in [3.05, 3.63) is 59.2 Å². The summed E-state index contributed by atoms with van der Waals surface area (Å²) in [5.74, 6) is 1.82. The van der Waals surface area contributed by atoms with Gasteiger partial charge in [-0.05, 0) is 48.2 Å². The fourth-order valence-electron chi connectivity index (χ4n) is 3.02. The summed E-state index contributed by atoms with van der Waals surface area (Å²) in [7, 11) is 3.19. The van der Waals surface area contributed by atoms with Gasteiger partial charge in [-0.15, -0.1) is 0 Å². The molecule has 0 aliphatic carbocycles. The highest BCUT2D eigenvalue weighted by Crippen LogP contribution is 2.26. The average Bonchev–Trinajstić information content (AvgIpc) is 2.67. The van der Waals surface area contributed by atoms with Crippen molar-refractivity contribution in [2.75, 3.05) is 27.4 Å². The van der Waals surface area contributed by atoms with Crippen molar-refractivity contribution in [3.8, 4) is 11.5 Å². The number of hydrogen-bond acceptors (Lipinski definition) is 4. The van der Waals surface area contributed by atoms with Crippen LogP contribution in [0, 0.1) is 5.92 Å². The van der Waals surface area contributed by atoms with Crippen molar-refractivity contribution in [3.63, 3.8) is 0 Å². The molecule has 2 aromatic rings. The maximum absolute atomic E-state index is 13.0. The smallest absolute Gasteiger partial charge is 0.254 e. The van der Waals surface area contributed by atoms with Crippen molar-refractivity contribution in [1.82, 2.24) is 4.90 Å². The molecule has 5 nitrogen and oxygen atoms in total. The summed E-state index contributed by atoms with van der Waals surface area (Å²) in [6, 6.07) is 13.2. The average molecular weight is 371 g/mol. The monoisotopic (exact) mass is 371 g/mol. The summed E-state index contributed by atoms with van der Waals surface area (Å²) in [6.45, 7) is 4.80. The Morgan fingerprint density at radius 1 is 1.07 bits per heavy atom. The minimum Gasteiger partial charge on any atom is -0.497 e. The second-order valence-electron chi connectivity index (χ2n) is 6.92. The molecule has 0 atom stereocenters. The third-order valence-corrected chi connectivity index (χ3v) is 4.35. The van der Waals surface area contributed by atoms with E-state index in [0.29, 0.717) is 29.5 Å². The van der Waals surface area contributed by atoms with Crippen molar-refractivity contribution in [1.29, 1.82) is 0 Å². The summed E-state index contributed by atoms with van der Waals surface area (Å²) in [5.41, 5.74) is 2.65. The Balaban J connectivity index is 2.22. The predicted molar refractivity (Wildman–Crippen MR) is 106 cm³/mol. The second kappa shape index (κ2) is 9.97. The van der Waals surface area contributed by atoms with Crippen molar-refractivity contribution < 1.29 is 19.4 Å². The normalized spacial score (nSPS) is 10.7. The lowest BCUT2D eigenvalue weighted by Crippen LogP contribution is -2.33. The number of hydrogen-bond donors (Lipinski definition) is 1. The first kappa shape index (κ1) is 20.8. The van der Waals surface area contributed by atoms with Gasteiger partial charge in [-0.25, -0.2) is 0 Å². The molecule has 2 aromatic carbocycles. The number of aliphatic hydroxyl groups is 1. The predicted octanol–water partition coefficient (Wildman–Crippen LogP) is 3.54. The van der Waals surface area contributed by atoms with E-state index in [1.807, 2.05) is 42.5 Å². The fourth-order valence-corrected chi connectivity index (χ4v) is 3.02. The molecule has 27 heavy (non-hydrogen) atoms. The Bertz CT molecular complexity index is 740. The Hall–Kier alpha value is -2.53. The SMILES string of the molecule is COc1ccc(OC)c(CN(CCO)C(=O)c2ccc(CC(C)C)cc2)c1. The topological polar surface area (TPSA) is 59.0 Å². The number of rotatable bonds is 9. The van der Waals surface area contributed by atoms with Crippen LogP contribution in [-0.4, -0.2) is 43.3 Å². The Morgan fingerprint density at radius 2 is 1.78 bits per heavy atom. The number of ether oxygens (including phenoxy) is 2. The van der Waals surface area contributed by atoms with Crippen molar-refractivity contribution in [2.45, 2.75) is 26.8 Å². The molecule has 5 heteroatoms. The molecular weight excluding hydrogens is 342 g/mol. The molecule has 0 aliphatic rings. The molecule has 146 valence electrons. The third-order valence-electron chi connectivity index (χ3n) is 4.35. The minimum absolute atomic E-state index is 0.108. The lowest BCUT2D eigenvalue weighted by molar-refractivity contribution is 0.0706. The highest BCUT2D eigenvalue weighted by atomic mass is 16.5. The van der Waals surface area contributed by atoms with Crippen molar-refractivity contribution in [2.24, 2.45) is 5.92 Å². The molecule has 0 aliphatic heterocycles. The van der Waals surface area contributed by atoms with Gasteiger partial charge in [-0.2, -0.15) is 0 Å². The first-order chi connectivity index (χ1) is 13.0. The molecule has 1 amide bonds. The van der Waals surface area contributed by atoms with E-state index >= 15 is 0 Å². The zero-order valence-electron chi connectivity index (χ0n) is 16.6. The zero-order valence-corrected chi connectivity index (χ0v) is 16.6. The number of amides is 1. The van der Waals surface area contributed by atoms with Crippen LogP contribution in [0.25, 0.3) is 0 Å². The maximum atomic E-state index is 13.0. The van der Waals surface area contributed by atoms with Gasteiger partial charge in [0.2, 0.25) is 0 Å². The van der Waals surface area contributed by atoms with Crippen LogP contribution in [0.1, 0.15) is 35.3 Å². The van der Waals surface area contributed by atoms with Gasteiger partial charge >= 0.3 is 0 Å². The van der Waals surface area contributed by atoms with E-state index in [1.165, 1.54) is 5.56 Å². The van der Waals surface area contributed by atoms with Gasteiger partial charge in [0.25, 0.3) is 5.91 Å². The molecule has 0 radical (unpaired) electrons. The van der Waals surface area contributed by atoms with E-state index < -0.39 is 0 Å². The zero-order chi connectivity index (χ0) is 19.8. The van der Waals surface area contributed by atoms with E-state index in [4.69, 9.17) is 9.47 Å². The molecular formula is C22H29NO4. The highest BCUT2D eigenvalue weighted by Gasteiger charge is 2.18. The number of carbonyl (C=O) groups excluding carboxylic acids is 1. The number of methoxy groups -OCH3 is 2. The minimum atomic E-state index is -0.120. The van der Waals surface area contributed by atoms with Gasteiger partial charge in [-0.1, -0.05) is 26.0 Å². The summed E-state index contributed by atoms with van der Waals surface area (Å²) >= 11 is 0. The fraction of sp³-hybridized carbons (Fsp3) is 0.409. The lowest BCUT2D eigenvalue weighted by atomic mass is 10.0. The van der Waals surface area contributed by atoms with Crippen LogP contribution >= 0.6 is 0 Å². The number of carbonyl (C=O) groups is 1. The van der Waals surface area contributed by atoms with Crippen LogP contribution in [0.15, 0.2) is 42.5 Å². The van der Waals surface area contributed by atoms with Crippen LogP contribution in [0.2, 0.25) is 0 Å². The number of nitrogens with zero attached hydrogens (tertiary/aromatic N) is 1.